The molecule has 152 valence electrons. The van der Waals surface area contributed by atoms with E-state index >= 15 is 0 Å². The lowest BCUT2D eigenvalue weighted by Crippen LogP contribution is -2.25. The molecule has 0 radical (unpaired) electrons. The molecule has 4 nitrogen and oxygen atoms in total. The quantitative estimate of drug-likeness (QED) is 0.482. The number of unbranched alkanes of at least 4 members (excludes halogenated alkanes) is 3. The van der Waals surface area contributed by atoms with E-state index in [-0.39, 0.29) is 11.8 Å². The van der Waals surface area contributed by atoms with Gasteiger partial charge in [0.2, 0.25) is 5.91 Å². The maximum Gasteiger partial charge on any atom is 0.227 e. The zero-order chi connectivity index (χ0) is 20.4. The number of para-hydroxylation sites is 2. The normalized spacial score (nSPS) is 16.9. The van der Waals surface area contributed by atoms with Gasteiger partial charge in [0.15, 0.2) is 0 Å². The molecule has 1 amide bonds. The molecule has 2 aromatic carbocycles. The van der Waals surface area contributed by atoms with Gasteiger partial charge in [0, 0.05) is 31.1 Å². The number of imidazole rings is 1. The second-order valence-corrected chi connectivity index (χ2v) is 8.30. The number of aryl methyl sites for hydroxylation is 2. The van der Waals surface area contributed by atoms with Crippen molar-refractivity contribution in [3.63, 3.8) is 0 Å². The Morgan fingerprint density at radius 3 is 2.69 bits per heavy atom. The minimum Gasteiger partial charge on any atom is -0.328 e. The summed E-state index contributed by atoms with van der Waals surface area (Å²) in [5, 5.41) is 0. The van der Waals surface area contributed by atoms with Gasteiger partial charge in [-0.25, -0.2) is 4.98 Å². The zero-order valence-corrected chi connectivity index (χ0v) is 17.8. The molecular formula is C25H31N3O. The Labute approximate surface area is 173 Å². The van der Waals surface area contributed by atoms with Gasteiger partial charge in [-0.2, -0.15) is 0 Å². The molecule has 1 saturated heterocycles. The molecule has 1 atom stereocenters. The van der Waals surface area contributed by atoms with Crippen LogP contribution in [-0.4, -0.2) is 22.0 Å². The van der Waals surface area contributed by atoms with E-state index in [2.05, 4.69) is 55.7 Å². The van der Waals surface area contributed by atoms with Crippen molar-refractivity contribution < 1.29 is 4.79 Å². The first-order valence-corrected chi connectivity index (χ1v) is 10.9. The smallest absolute Gasteiger partial charge is 0.227 e. The van der Waals surface area contributed by atoms with E-state index in [4.69, 9.17) is 4.98 Å². The van der Waals surface area contributed by atoms with Gasteiger partial charge in [0.25, 0.3) is 0 Å². The summed E-state index contributed by atoms with van der Waals surface area (Å²) in [7, 11) is 0. The van der Waals surface area contributed by atoms with Crippen LogP contribution in [0.25, 0.3) is 11.0 Å². The predicted molar refractivity (Wildman–Crippen MR) is 120 cm³/mol. The van der Waals surface area contributed by atoms with Crippen molar-refractivity contribution >= 4 is 22.6 Å². The van der Waals surface area contributed by atoms with Crippen LogP contribution in [0.15, 0.2) is 42.5 Å². The van der Waals surface area contributed by atoms with Gasteiger partial charge in [-0.05, 0) is 49.6 Å². The number of aromatic nitrogens is 2. The number of rotatable bonds is 7. The van der Waals surface area contributed by atoms with Crippen LogP contribution < -0.4 is 4.90 Å². The van der Waals surface area contributed by atoms with E-state index in [9.17, 15) is 4.79 Å². The summed E-state index contributed by atoms with van der Waals surface area (Å²) < 4.78 is 2.37. The number of nitrogens with zero attached hydrogens (tertiary/aromatic N) is 3. The molecule has 3 aromatic rings. The Kier molecular flexibility index (Phi) is 5.70. The van der Waals surface area contributed by atoms with E-state index in [1.165, 1.54) is 35.9 Å². The largest absolute Gasteiger partial charge is 0.328 e. The van der Waals surface area contributed by atoms with Crippen molar-refractivity contribution in [1.29, 1.82) is 0 Å². The standard InChI is InChI=1S/C25H31N3O/c1-4-5-6-9-15-27-23-13-8-7-12-21(23)26-25(27)20-16-24(29)28(17-20)22-14-10-11-18(2)19(22)3/h7-8,10-14,20H,4-6,9,15-17H2,1-3H3. The van der Waals surface area contributed by atoms with Gasteiger partial charge >= 0.3 is 0 Å². The van der Waals surface area contributed by atoms with E-state index in [0.29, 0.717) is 13.0 Å². The lowest BCUT2D eigenvalue weighted by atomic mass is 10.1. The summed E-state index contributed by atoms with van der Waals surface area (Å²) in [6.07, 6.45) is 5.43. The summed E-state index contributed by atoms with van der Waals surface area (Å²) in [6, 6.07) is 14.6. The fourth-order valence-electron chi connectivity index (χ4n) is 4.48. The van der Waals surface area contributed by atoms with E-state index in [0.717, 1.165) is 30.0 Å². The predicted octanol–water partition coefficient (Wildman–Crippen LogP) is 5.75. The molecule has 0 N–H and O–H groups in total. The topological polar surface area (TPSA) is 38.1 Å². The lowest BCUT2D eigenvalue weighted by Gasteiger charge is -2.20. The van der Waals surface area contributed by atoms with Gasteiger partial charge in [-0.1, -0.05) is 50.5 Å². The number of hydrogen-bond donors (Lipinski definition) is 0. The number of hydrogen-bond acceptors (Lipinski definition) is 2. The summed E-state index contributed by atoms with van der Waals surface area (Å²) >= 11 is 0. The Morgan fingerprint density at radius 1 is 1.03 bits per heavy atom. The maximum atomic E-state index is 12.9. The van der Waals surface area contributed by atoms with Gasteiger partial charge < -0.3 is 9.47 Å². The second kappa shape index (κ2) is 8.40. The van der Waals surface area contributed by atoms with Gasteiger partial charge in [-0.15, -0.1) is 0 Å². The molecule has 1 aliphatic heterocycles. The highest BCUT2D eigenvalue weighted by Gasteiger charge is 2.35. The van der Waals surface area contributed by atoms with Crippen molar-refractivity contribution in [2.24, 2.45) is 0 Å². The molecule has 4 heteroatoms. The van der Waals surface area contributed by atoms with Crippen LogP contribution in [0.5, 0.6) is 0 Å². The summed E-state index contributed by atoms with van der Waals surface area (Å²) in [5.74, 6) is 1.41. The fourth-order valence-corrected chi connectivity index (χ4v) is 4.48. The molecule has 0 saturated carbocycles. The van der Waals surface area contributed by atoms with Gasteiger partial charge in [0.05, 0.1) is 11.0 Å². The highest BCUT2D eigenvalue weighted by molar-refractivity contribution is 5.97. The molecule has 1 fully saturated rings. The van der Waals surface area contributed by atoms with E-state index < -0.39 is 0 Å². The number of carbonyl (C=O) groups excluding carboxylic acids is 1. The van der Waals surface area contributed by atoms with E-state index in [1.807, 2.05) is 17.0 Å². The average molecular weight is 390 g/mol. The van der Waals surface area contributed by atoms with Crippen LogP contribution in [0.1, 0.15) is 61.9 Å². The second-order valence-electron chi connectivity index (χ2n) is 8.30. The Morgan fingerprint density at radius 2 is 1.86 bits per heavy atom. The first-order valence-electron chi connectivity index (χ1n) is 10.9. The van der Waals surface area contributed by atoms with Crippen LogP contribution in [0.2, 0.25) is 0 Å². The number of amides is 1. The van der Waals surface area contributed by atoms with Crippen molar-refractivity contribution in [3.05, 3.63) is 59.4 Å². The molecule has 0 aliphatic carbocycles. The third kappa shape index (κ3) is 3.81. The minimum absolute atomic E-state index is 0.140. The van der Waals surface area contributed by atoms with E-state index in [1.54, 1.807) is 0 Å². The highest BCUT2D eigenvalue weighted by atomic mass is 16.2. The highest BCUT2D eigenvalue weighted by Crippen LogP contribution is 2.35. The van der Waals surface area contributed by atoms with Crippen molar-refractivity contribution in [3.8, 4) is 0 Å². The average Bonchev–Trinajstić information content (AvgIpc) is 3.28. The Bertz CT molecular complexity index is 1020. The third-order valence-corrected chi connectivity index (χ3v) is 6.28. The monoisotopic (exact) mass is 389 g/mol. The van der Waals surface area contributed by atoms with Crippen molar-refractivity contribution in [1.82, 2.24) is 9.55 Å². The van der Waals surface area contributed by atoms with Crippen LogP contribution in [-0.2, 0) is 11.3 Å². The number of fused-ring (bicyclic) bond motifs is 1. The van der Waals surface area contributed by atoms with Crippen LogP contribution in [0.3, 0.4) is 0 Å². The molecule has 4 rings (SSSR count). The molecule has 0 spiro atoms. The molecule has 2 heterocycles. The molecular weight excluding hydrogens is 358 g/mol. The van der Waals surface area contributed by atoms with Crippen LogP contribution >= 0.6 is 0 Å². The number of anilines is 1. The van der Waals surface area contributed by atoms with Gasteiger partial charge in [0.1, 0.15) is 5.82 Å². The first kappa shape index (κ1) is 19.7. The molecule has 29 heavy (non-hydrogen) atoms. The van der Waals surface area contributed by atoms with Crippen molar-refractivity contribution in [2.75, 3.05) is 11.4 Å². The molecule has 1 unspecified atom stereocenters. The van der Waals surface area contributed by atoms with Crippen LogP contribution in [0, 0.1) is 13.8 Å². The number of benzene rings is 2. The van der Waals surface area contributed by atoms with Crippen molar-refractivity contribution in [2.45, 2.75) is 65.3 Å². The summed E-state index contributed by atoms with van der Waals surface area (Å²) in [5.41, 5.74) is 5.69. The number of carbonyl (C=O) groups is 1. The Hall–Kier alpha value is -2.62. The molecule has 1 aromatic heterocycles. The summed E-state index contributed by atoms with van der Waals surface area (Å²) in [6.45, 7) is 8.14. The van der Waals surface area contributed by atoms with Gasteiger partial charge in [-0.3, -0.25) is 4.79 Å². The summed E-state index contributed by atoms with van der Waals surface area (Å²) in [4.78, 5) is 19.9. The lowest BCUT2D eigenvalue weighted by molar-refractivity contribution is -0.117. The molecule has 0 bridgehead atoms. The minimum atomic E-state index is 0.140. The zero-order valence-electron chi connectivity index (χ0n) is 17.8. The first-order chi connectivity index (χ1) is 14.1. The third-order valence-electron chi connectivity index (χ3n) is 6.28. The SMILES string of the molecule is CCCCCCn1c(C2CC(=O)N(c3cccc(C)c3C)C2)nc2ccccc21. The van der Waals surface area contributed by atoms with Crippen LogP contribution in [0.4, 0.5) is 5.69 Å². The maximum absolute atomic E-state index is 12.9. The Balaban J connectivity index is 1.64. The fraction of sp³-hybridized carbons (Fsp3) is 0.440. The molecule has 1 aliphatic rings.